The highest BCUT2D eigenvalue weighted by Gasteiger charge is 2.24. The molecule has 1 amide bonds. The number of carbonyl (C=O) groups excluding carboxylic acids is 1. The molecule has 20 heavy (non-hydrogen) atoms. The summed E-state index contributed by atoms with van der Waals surface area (Å²) >= 11 is 0. The summed E-state index contributed by atoms with van der Waals surface area (Å²) in [5, 5.41) is 12.8. The quantitative estimate of drug-likeness (QED) is 0.832. The molecule has 0 bridgehead atoms. The van der Waals surface area contributed by atoms with Gasteiger partial charge in [-0.05, 0) is 38.3 Å². The number of aliphatic hydroxyl groups excluding tert-OH is 1. The first kappa shape index (κ1) is 14.8. The maximum atomic E-state index is 12.1. The van der Waals surface area contributed by atoms with E-state index in [1.807, 2.05) is 44.2 Å². The predicted molar refractivity (Wildman–Crippen MR) is 81.2 cm³/mol. The maximum absolute atomic E-state index is 12.1. The zero-order chi connectivity index (χ0) is 14.5. The van der Waals surface area contributed by atoms with E-state index in [4.69, 9.17) is 0 Å². The molecule has 0 heterocycles. The van der Waals surface area contributed by atoms with Gasteiger partial charge < -0.3 is 10.4 Å². The van der Waals surface area contributed by atoms with Gasteiger partial charge in [0.15, 0.2) is 0 Å². The first-order valence-electron chi connectivity index (χ1n) is 7.30. The first-order chi connectivity index (χ1) is 9.56. The number of carbonyl (C=O) groups is 1. The van der Waals surface area contributed by atoms with Gasteiger partial charge >= 0.3 is 0 Å². The molecule has 3 nitrogen and oxygen atoms in total. The van der Waals surface area contributed by atoms with Gasteiger partial charge in [-0.2, -0.15) is 0 Å². The second kappa shape index (κ2) is 6.71. The summed E-state index contributed by atoms with van der Waals surface area (Å²) in [4.78, 5) is 12.1. The van der Waals surface area contributed by atoms with Crippen molar-refractivity contribution >= 4 is 12.0 Å². The molecule has 1 aromatic carbocycles. The maximum Gasteiger partial charge on any atom is 0.247 e. The van der Waals surface area contributed by atoms with Crippen LogP contribution >= 0.6 is 0 Å². The molecular weight excluding hydrogens is 250 g/mol. The molecule has 0 spiro atoms. The molecule has 1 aliphatic rings. The summed E-state index contributed by atoms with van der Waals surface area (Å²) in [6, 6.07) is 7.96. The molecule has 1 aromatic rings. The fourth-order valence-electron chi connectivity index (χ4n) is 2.54. The summed E-state index contributed by atoms with van der Waals surface area (Å²) in [6.45, 7) is 3.85. The van der Waals surface area contributed by atoms with Crippen LogP contribution in [0.1, 0.15) is 43.7 Å². The third-order valence-corrected chi connectivity index (χ3v) is 3.86. The van der Waals surface area contributed by atoms with Crippen LogP contribution in [-0.4, -0.2) is 23.2 Å². The zero-order valence-corrected chi connectivity index (χ0v) is 12.2. The number of amides is 1. The molecule has 0 radical (unpaired) electrons. The Bertz CT molecular complexity index is 490. The van der Waals surface area contributed by atoms with E-state index in [1.165, 1.54) is 5.56 Å². The number of nitrogens with one attached hydrogen (secondary N) is 1. The second-order valence-corrected chi connectivity index (χ2v) is 5.67. The summed E-state index contributed by atoms with van der Waals surface area (Å²) in [5.41, 5.74) is 2.90. The average Bonchev–Trinajstić information content (AvgIpc) is 2.44. The van der Waals surface area contributed by atoms with E-state index in [9.17, 15) is 9.90 Å². The molecule has 1 aliphatic carbocycles. The van der Waals surface area contributed by atoms with Crippen LogP contribution in [-0.2, 0) is 4.79 Å². The topological polar surface area (TPSA) is 49.3 Å². The van der Waals surface area contributed by atoms with E-state index >= 15 is 0 Å². The van der Waals surface area contributed by atoms with Gasteiger partial charge in [0.25, 0.3) is 0 Å². The highest BCUT2D eigenvalue weighted by molar-refractivity contribution is 5.97. The Labute approximate surface area is 120 Å². The van der Waals surface area contributed by atoms with Gasteiger partial charge in [-0.15, -0.1) is 0 Å². The van der Waals surface area contributed by atoms with Crippen molar-refractivity contribution in [2.24, 2.45) is 0 Å². The van der Waals surface area contributed by atoms with Crippen molar-refractivity contribution in [1.29, 1.82) is 0 Å². The Kier molecular flexibility index (Phi) is 4.96. The van der Waals surface area contributed by atoms with Gasteiger partial charge in [0.2, 0.25) is 5.91 Å². The molecule has 0 aliphatic heterocycles. The van der Waals surface area contributed by atoms with Gasteiger partial charge in [0, 0.05) is 5.57 Å². The summed E-state index contributed by atoms with van der Waals surface area (Å²) < 4.78 is 0. The fourth-order valence-corrected chi connectivity index (χ4v) is 2.54. The van der Waals surface area contributed by atoms with Crippen LogP contribution in [0, 0.1) is 6.92 Å². The first-order valence-corrected chi connectivity index (χ1v) is 7.30. The highest BCUT2D eigenvalue weighted by Crippen LogP contribution is 2.19. The minimum Gasteiger partial charge on any atom is -0.391 e. The Morgan fingerprint density at radius 2 is 1.90 bits per heavy atom. The summed E-state index contributed by atoms with van der Waals surface area (Å²) in [7, 11) is 0. The van der Waals surface area contributed by atoms with Gasteiger partial charge in [0.05, 0.1) is 12.1 Å². The van der Waals surface area contributed by atoms with Crippen LogP contribution in [0.25, 0.3) is 6.08 Å². The van der Waals surface area contributed by atoms with Crippen LogP contribution in [0.5, 0.6) is 0 Å². The fraction of sp³-hybridized carbons (Fsp3) is 0.471. The SMILES string of the molecule is C/C(=C/c1ccc(C)cc1)C(=O)NC1CCCCC1O. The van der Waals surface area contributed by atoms with Crippen molar-refractivity contribution in [3.63, 3.8) is 0 Å². The molecule has 1 saturated carbocycles. The lowest BCUT2D eigenvalue weighted by atomic mass is 9.92. The van der Waals surface area contributed by atoms with E-state index < -0.39 is 6.10 Å². The monoisotopic (exact) mass is 273 g/mol. The van der Waals surface area contributed by atoms with Gasteiger partial charge in [-0.25, -0.2) is 0 Å². The van der Waals surface area contributed by atoms with Crippen LogP contribution in [0.2, 0.25) is 0 Å². The number of hydrogen-bond acceptors (Lipinski definition) is 2. The number of rotatable bonds is 3. The van der Waals surface area contributed by atoms with E-state index in [-0.39, 0.29) is 11.9 Å². The Morgan fingerprint density at radius 3 is 2.55 bits per heavy atom. The zero-order valence-electron chi connectivity index (χ0n) is 12.2. The van der Waals surface area contributed by atoms with Crippen LogP contribution in [0.4, 0.5) is 0 Å². The van der Waals surface area contributed by atoms with Crippen molar-refractivity contribution in [1.82, 2.24) is 5.32 Å². The molecule has 1 fully saturated rings. The third-order valence-electron chi connectivity index (χ3n) is 3.86. The lowest BCUT2D eigenvalue weighted by Crippen LogP contribution is -2.45. The number of hydrogen-bond donors (Lipinski definition) is 2. The van der Waals surface area contributed by atoms with Crippen LogP contribution in [0.15, 0.2) is 29.8 Å². The number of aryl methyl sites for hydroxylation is 1. The largest absolute Gasteiger partial charge is 0.391 e. The Morgan fingerprint density at radius 1 is 1.25 bits per heavy atom. The minimum absolute atomic E-state index is 0.0866. The van der Waals surface area contributed by atoms with Gasteiger partial charge in [-0.3, -0.25) is 4.79 Å². The highest BCUT2D eigenvalue weighted by atomic mass is 16.3. The normalized spacial score (nSPS) is 23.4. The molecule has 108 valence electrons. The smallest absolute Gasteiger partial charge is 0.247 e. The van der Waals surface area contributed by atoms with E-state index in [2.05, 4.69) is 5.32 Å². The van der Waals surface area contributed by atoms with Crippen LogP contribution in [0.3, 0.4) is 0 Å². The standard InChI is InChI=1S/C17H23NO2/c1-12-7-9-14(10-8-12)11-13(2)17(20)18-15-5-3-4-6-16(15)19/h7-11,15-16,19H,3-6H2,1-2H3,(H,18,20)/b13-11-. The third kappa shape index (κ3) is 3.94. The lowest BCUT2D eigenvalue weighted by molar-refractivity contribution is -0.119. The molecule has 0 aromatic heterocycles. The molecule has 2 rings (SSSR count). The molecular formula is C17H23NO2. The number of aliphatic hydroxyl groups is 1. The molecule has 2 unspecified atom stereocenters. The van der Waals surface area contributed by atoms with Crippen molar-refractivity contribution in [3.8, 4) is 0 Å². The summed E-state index contributed by atoms with van der Waals surface area (Å²) in [6.07, 6.45) is 5.24. The van der Waals surface area contributed by atoms with Gasteiger partial charge in [-0.1, -0.05) is 42.7 Å². The van der Waals surface area contributed by atoms with E-state index in [0.717, 1.165) is 31.2 Å². The Hall–Kier alpha value is -1.61. The van der Waals surface area contributed by atoms with Crippen molar-refractivity contribution in [2.75, 3.05) is 0 Å². The van der Waals surface area contributed by atoms with Crippen LogP contribution < -0.4 is 5.32 Å². The molecule has 2 N–H and O–H groups in total. The summed E-state index contributed by atoms with van der Waals surface area (Å²) in [5.74, 6) is -0.0866. The van der Waals surface area contributed by atoms with Crippen molar-refractivity contribution in [2.45, 2.75) is 51.7 Å². The van der Waals surface area contributed by atoms with E-state index in [0.29, 0.717) is 5.57 Å². The molecule has 0 saturated heterocycles. The lowest BCUT2D eigenvalue weighted by Gasteiger charge is -2.28. The van der Waals surface area contributed by atoms with Crippen molar-refractivity contribution in [3.05, 3.63) is 41.0 Å². The number of benzene rings is 1. The van der Waals surface area contributed by atoms with E-state index in [1.54, 1.807) is 0 Å². The van der Waals surface area contributed by atoms with Gasteiger partial charge in [0.1, 0.15) is 0 Å². The predicted octanol–water partition coefficient (Wildman–Crippen LogP) is 2.82. The minimum atomic E-state index is -0.403. The average molecular weight is 273 g/mol. The van der Waals surface area contributed by atoms with Crippen molar-refractivity contribution < 1.29 is 9.90 Å². The molecule has 2 atom stereocenters. The molecule has 3 heteroatoms. The second-order valence-electron chi connectivity index (χ2n) is 5.67. The Balaban J connectivity index is 1.99.